The number of nitrogens with zero attached hydrogens (tertiary/aromatic N) is 6. The predicted molar refractivity (Wildman–Crippen MR) is 168 cm³/mol. The van der Waals surface area contributed by atoms with Crippen LogP contribution in [-0.4, -0.2) is 79.8 Å². The second kappa shape index (κ2) is 13.1. The molecule has 1 N–H and O–H groups in total. The van der Waals surface area contributed by atoms with E-state index in [9.17, 15) is 14.3 Å². The van der Waals surface area contributed by atoms with Gasteiger partial charge in [0.05, 0.1) is 60.7 Å². The number of ether oxygens (including phenoxy) is 3. The molecule has 12 heteroatoms. The summed E-state index contributed by atoms with van der Waals surface area (Å²) in [7, 11) is 1.64. The number of carboxylic acids is 1. The monoisotopic (exact) mass is 628 g/mol. The quantitative estimate of drug-likeness (QED) is 0.204. The topological polar surface area (TPSA) is 117 Å². The van der Waals surface area contributed by atoms with Crippen LogP contribution in [0.15, 0.2) is 54.7 Å². The van der Waals surface area contributed by atoms with Crippen LogP contribution in [-0.2, 0) is 35.7 Å². The number of halogens is 1. The van der Waals surface area contributed by atoms with Crippen molar-refractivity contribution >= 4 is 27.9 Å². The van der Waals surface area contributed by atoms with E-state index in [1.54, 1.807) is 42.3 Å². The highest BCUT2D eigenvalue weighted by molar-refractivity contribution is 5.92. The minimum atomic E-state index is -0.947. The van der Waals surface area contributed by atoms with Crippen molar-refractivity contribution in [3.8, 4) is 5.88 Å². The number of carboxylic acid groups (broad SMARTS) is 1. The third-order valence-electron chi connectivity index (χ3n) is 9.06. The van der Waals surface area contributed by atoms with Crippen LogP contribution < -0.4 is 4.74 Å². The number of hydrogen-bond acceptors (Lipinski definition) is 8. The highest BCUT2D eigenvalue weighted by atomic mass is 19.1. The molecule has 5 aromatic rings. The van der Waals surface area contributed by atoms with Crippen LogP contribution in [0.5, 0.6) is 5.88 Å². The highest BCUT2D eigenvalue weighted by Crippen LogP contribution is 2.30. The summed E-state index contributed by atoms with van der Waals surface area (Å²) in [5, 5.41) is 14.6. The van der Waals surface area contributed by atoms with Gasteiger partial charge in [-0.15, -0.1) is 0 Å². The molecule has 46 heavy (non-hydrogen) atoms. The lowest BCUT2D eigenvalue weighted by Crippen LogP contribution is -2.35. The number of pyridine rings is 1. The van der Waals surface area contributed by atoms with Gasteiger partial charge in [0.25, 0.3) is 0 Å². The van der Waals surface area contributed by atoms with E-state index in [0.29, 0.717) is 37.7 Å². The van der Waals surface area contributed by atoms with Gasteiger partial charge in [0.2, 0.25) is 5.88 Å². The average Bonchev–Trinajstić information content (AvgIpc) is 3.60. The molecule has 0 amide bonds. The summed E-state index contributed by atoms with van der Waals surface area (Å²) in [6.45, 7) is 5.01. The number of aromatic carboxylic acids is 1. The Morgan fingerprint density at radius 2 is 1.93 bits per heavy atom. The molecular weight excluding hydrogens is 591 g/mol. The van der Waals surface area contributed by atoms with Gasteiger partial charge in [-0.3, -0.25) is 9.58 Å². The molecule has 0 saturated carbocycles. The fourth-order valence-corrected chi connectivity index (χ4v) is 6.35. The van der Waals surface area contributed by atoms with Crippen LogP contribution in [0.3, 0.4) is 0 Å². The first-order chi connectivity index (χ1) is 22.4. The van der Waals surface area contributed by atoms with Gasteiger partial charge in [0, 0.05) is 42.3 Å². The van der Waals surface area contributed by atoms with Crippen LogP contribution in [0.4, 0.5) is 4.39 Å². The number of fused-ring (bicyclic) bond motifs is 2. The van der Waals surface area contributed by atoms with E-state index in [4.69, 9.17) is 24.2 Å². The van der Waals surface area contributed by atoms with Crippen molar-refractivity contribution in [2.24, 2.45) is 0 Å². The third kappa shape index (κ3) is 6.33. The van der Waals surface area contributed by atoms with Crippen LogP contribution in [0.1, 0.15) is 52.6 Å². The molecule has 2 fully saturated rings. The minimum Gasteiger partial charge on any atom is -0.478 e. The molecule has 5 heterocycles. The number of aromatic nitrogens is 5. The lowest BCUT2D eigenvalue weighted by Gasteiger charge is -2.32. The van der Waals surface area contributed by atoms with Gasteiger partial charge in [-0.1, -0.05) is 6.07 Å². The average molecular weight is 629 g/mol. The number of piperidine rings is 1. The summed E-state index contributed by atoms with van der Waals surface area (Å²) < 4.78 is 35.7. The summed E-state index contributed by atoms with van der Waals surface area (Å²) in [4.78, 5) is 23.7. The SMILES string of the molecule is COCCn1ncc2cc(F)c(COc3cccc(C4CCN(Cc5nc6ccc(C(=O)O)cc6n5C[C@@H]5CCO5)CC4)n3)cc21. The highest BCUT2D eigenvalue weighted by Gasteiger charge is 2.26. The molecule has 240 valence electrons. The molecule has 2 aromatic carbocycles. The zero-order chi connectivity index (χ0) is 31.6. The van der Waals surface area contributed by atoms with E-state index in [1.165, 1.54) is 6.07 Å². The second-order valence-electron chi connectivity index (χ2n) is 12.0. The standard InChI is InChI=1S/C34H37FN6O5/c1-44-14-12-41-30-17-25(27(35)15-24(30)18-36-41)21-46-33-4-2-3-28(38-33)22-7-10-39(11-8-22)20-32-37-29-6-5-23(34(42)43)16-31(29)40(32)19-26-9-13-45-26/h2-6,15-18,22,26H,7-14,19-21H2,1H3,(H,42,43)/t26-/m0/s1. The molecule has 0 bridgehead atoms. The van der Waals surface area contributed by atoms with Crippen molar-refractivity contribution in [2.45, 2.75) is 57.5 Å². The Labute approximate surface area is 265 Å². The van der Waals surface area contributed by atoms with Crippen molar-refractivity contribution < 1.29 is 28.5 Å². The molecular formula is C34H37FN6O5. The van der Waals surface area contributed by atoms with Gasteiger partial charge in [-0.25, -0.2) is 19.2 Å². The number of likely N-dealkylation sites (tertiary alicyclic amines) is 1. The number of imidazole rings is 1. The van der Waals surface area contributed by atoms with Crippen molar-refractivity contribution in [3.05, 3.63) is 83.2 Å². The summed E-state index contributed by atoms with van der Waals surface area (Å²) in [6.07, 6.45) is 4.64. The summed E-state index contributed by atoms with van der Waals surface area (Å²) in [5.74, 6) is 0.394. The zero-order valence-electron chi connectivity index (χ0n) is 25.8. The maximum atomic E-state index is 14.9. The summed E-state index contributed by atoms with van der Waals surface area (Å²) in [5.41, 5.74) is 4.14. The third-order valence-corrected chi connectivity index (χ3v) is 9.06. The number of rotatable bonds is 12. The minimum absolute atomic E-state index is 0.0625. The number of hydrogen-bond donors (Lipinski definition) is 1. The Bertz CT molecular complexity index is 1860. The number of carbonyl (C=O) groups is 1. The summed E-state index contributed by atoms with van der Waals surface area (Å²) >= 11 is 0. The van der Waals surface area contributed by atoms with Crippen molar-refractivity contribution in [1.82, 2.24) is 29.2 Å². The Balaban J connectivity index is 0.997. The maximum Gasteiger partial charge on any atom is 0.335 e. The van der Waals surface area contributed by atoms with Crippen molar-refractivity contribution in [2.75, 3.05) is 33.4 Å². The van der Waals surface area contributed by atoms with E-state index in [2.05, 4.69) is 14.6 Å². The Hall–Kier alpha value is -4.39. The van der Waals surface area contributed by atoms with Crippen molar-refractivity contribution in [1.29, 1.82) is 0 Å². The zero-order valence-corrected chi connectivity index (χ0v) is 25.8. The number of benzene rings is 2. The normalized spacial score (nSPS) is 17.5. The predicted octanol–water partition coefficient (Wildman–Crippen LogP) is 5.01. The molecule has 1 atom stereocenters. The Morgan fingerprint density at radius 1 is 1.09 bits per heavy atom. The van der Waals surface area contributed by atoms with Gasteiger partial charge < -0.3 is 23.9 Å². The van der Waals surface area contributed by atoms with Crippen LogP contribution in [0.2, 0.25) is 0 Å². The molecule has 0 radical (unpaired) electrons. The van der Waals surface area contributed by atoms with E-state index in [1.807, 2.05) is 18.2 Å². The first-order valence-electron chi connectivity index (χ1n) is 15.7. The van der Waals surface area contributed by atoms with Crippen LogP contribution >= 0.6 is 0 Å². The first kappa shape index (κ1) is 30.3. The molecule has 2 saturated heterocycles. The second-order valence-corrected chi connectivity index (χ2v) is 12.0. The van der Waals surface area contributed by atoms with E-state index in [-0.39, 0.29) is 30.0 Å². The summed E-state index contributed by atoms with van der Waals surface area (Å²) in [6, 6.07) is 14.2. The Kier molecular flexibility index (Phi) is 8.65. The van der Waals surface area contributed by atoms with Gasteiger partial charge in [0.15, 0.2) is 0 Å². The Morgan fingerprint density at radius 3 is 2.70 bits per heavy atom. The molecule has 3 aromatic heterocycles. The smallest absolute Gasteiger partial charge is 0.335 e. The van der Waals surface area contributed by atoms with E-state index < -0.39 is 5.97 Å². The van der Waals surface area contributed by atoms with Crippen molar-refractivity contribution in [3.63, 3.8) is 0 Å². The molecule has 7 rings (SSSR count). The maximum absolute atomic E-state index is 14.9. The molecule has 0 unspecified atom stereocenters. The molecule has 2 aliphatic rings. The fourth-order valence-electron chi connectivity index (χ4n) is 6.35. The van der Waals surface area contributed by atoms with Gasteiger partial charge in [-0.2, -0.15) is 5.10 Å². The molecule has 11 nitrogen and oxygen atoms in total. The van der Waals surface area contributed by atoms with E-state index in [0.717, 1.165) is 72.4 Å². The molecule has 0 aliphatic carbocycles. The lowest BCUT2D eigenvalue weighted by molar-refractivity contribution is -0.0592. The first-order valence-corrected chi connectivity index (χ1v) is 15.7. The van der Waals surface area contributed by atoms with Crippen LogP contribution in [0.25, 0.3) is 21.9 Å². The molecule has 0 spiro atoms. The van der Waals surface area contributed by atoms with Gasteiger partial charge in [0.1, 0.15) is 18.2 Å². The van der Waals surface area contributed by atoms with E-state index >= 15 is 0 Å². The largest absolute Gasteiger partial charge is 0.478 e. The fraction of sp³-hybridized carbons (Fsp3) is 0.412. The van der Waals surface area contributed by atoms with Gasteiger partial charge >= 0.3 is 5.97 Å². The molecule has 2 aliphatic heterocycles. The van der Waals surface area contributed by atoms with Gasteiger partial charge in [-0.05, 0) is 68.8 Å². The van der Waals surface area contributed by atoms with Crippen LogP contribution in [0, 0.1) is 5.82 Å². The number of methoxy groups -OCH3 is 1. The lowest BCUT2D eigenvalue weighted by atomic mass is 9.93.